The molecule has 0 heterocycles. The van der Waals surface area contributed by atoms with Gasteiger partial charge in [-0.15, -0.1) is 0 Å². The summed E-state index contributed by atoms with van der Waals surface area (Å²) in [6.07, 6.45) is -2.38. The zero-order valence-electron chi connectivity index (χ0n) is 9.06. The second kappa shape index (κ2) is 5.20. The highest BCUT2D eigenvalue weighted by atomic mass is 19.3. The Balaban J connectivity index is 2.99. The molecule has 0 spiro atoms. The Bertz CT molecular complexity index is 406. The van der Waals surface area contributed by atoms with Crippen LogP contribution in [-0.2, 0) is 16.1 Å². The van der Waals surface area contributed by atoms with Crippen LogP contribution in [0.15, 0.2) is 24.3 Å². The third kappa shape index (κ3) is 2.98. The van der Waals surface area contributed by atoms with Crippen molar-refractivity contribution in [2.24, 2.45) is 0 Å². The van der Waals surface area contributed by atoms with Gasteiger partial charge >= 0.3 is 11.9 Å². The summed E-state index contributed by atoms with van der Waals surface area (Å²) in [7, 11) is 1.44. The normalized spacial score (nSPS) is 13.4. The Kier molecular flexibility index (Phi) is 4.14. The van der Waals surface area contributed by atoms with E-state index in [1.165, 1.54) is 25.3 Å². The Morgan fingerprint density at radius 1 is 1.53 bits per heavy atom. The molecule has 1 unspecified atom stereocenters. The fraction of sp³-hybridized carbons (Fsp3) is 0.364. The van der Waals surface area contributed by atoms with Crippen LogP contribution in [0, 0.1) is 0 Å². The van der Waals surface area contributed by atoms with E-state index in [0.717, 1.165) is 0 Å². The second-order valence-corrected chi connectivity index (χ2v) is 3.51. The van der Waals surface area contributed by atoms with Crippen molar-refractivity contribution >= 4 is 5.97 Å². The largest absolute Gasteiger partial charge is 0.477 e. The summed E-state index contributed by atoms with van der Waals surface area (Å²) in [5.74, 6) is -6.58. The number of rotatable bonds is 5. The van der Waals surface area contributed by atoms with Crippen molar-refractivity contribution in [1.29, 1.82) is 0 Å². The number of benzene rings is 1. The minimum absolute atomic E-state index is 0.160. The summed E-state index contributed by atoms with van der Waals surface area (Å²) in [4.78, 5) is 10.3. The van der Waals surface area contributed by atoms with Crippen LogP contribution >= 0.6 is 0 Å². The van der Waals surface area contributed by atoms with Crippen LogP contribution in [-0.4, -0.2) is 29.2 Å². The van der Waals surface area contributed by atoms with Gasteiger partial charge < -0.3 is 14.9 Å². The Labute approximate surface area is 96.5 Å². The van der Waals surface area contributed by atoms with Gasteiger partial charge in [0.15, 0.2) is 6.10 Å². The lowest BCUT2D eigenvalue weighted by Crippen LogP contribution is -2.35. The quantitative estimate of drug-likeness (QED) is 0.827. The fourth-order valence-electron chi connectivity index (χ4n) is 1.35. The molecule has 4 nitrogen and oxygen atoms in total. The number of carboxylic acids is 1. The molecular formula is C11H12F2O4. The van der Waals surface area contributed by atoms with Gasteiger partial charge in [-0.05, 0) is 11.1 Å². The fourth-order valence-corrected chi connectivity index (χ4v) is 1.35. The number of methoxy groups -OCH3 is 1. The predicted octanol–water partition coefficient (Wildman–Crippen LogP) is 1.59. The van der Waals surface area contributed by atoms with Crippen LogP contribution in [0.3, 0.4) is 0 Å². The average Bonchev–Trinajstić information content (AvgIpc) is 2.28. The van der Waals surface area contributed by atoms with Gasteiger partial charge in [0, 0.05) is 7.11 Å². The second-order valence-electron chi connectivity index (χ2n) is 3.51. The molecule has 0 aliphatic rings. The molecule has 17 heavy (non-hydrogen) atoms. The standard InChI is InChI=1S/C11H12F2O4/c1-17-6-7-3-2-4-8(5-7)9(14)11(12,13)10(15)16/h2-5,9,14H,6H2,1H3,(H,15,16). The molecule has 94 valence electrons. The maximum absolute atomic E-state index is 13.1. The van der Waals surface area contributed by atoms with Gasteiger partial charge in [0.1, 0.15) is 0 Å². The zero-order chi connectivity index (χ0) is 13.1. The van der Waals surface area contributed by atoms with Crippen molar-refractivity contribution in [1.82, 2.24) is 0 Å². The van der Waals surface area contributed by atoms with E-state index in [-0.39, 0.29) is 12.2 Å². The molecule has 0 aromatic heterocycles. The van der Waals surface area contributed by atoms with Gasteiger partial charge in [0.2, 0.25) is 0 Å². The molecule has 6 heteroatoms. The van der Waals surface area contributed by atoms with Gasteiger partial charge in [-0.1, -0.05) is 24.3 Å². The topological polar surface area (TPSA) is 66.8 Å². The van der Waals surface area contributed by atoms with E-state index in [1.54, 1.807) is 6.07 Å². The lowest BCUT2D eigenvalue weighted by Gasteiger charge is -2.19. The van der Waals surface area contributed by atoms with Gasteiger partial charge in [0.05, 0.1) is 6.61 Å². The number of hydrogen-bond donors (Lipinski definition) is 2. The van der Waals surface area contributed by atoms with Crippen molar-refractivity contribution in [3.05, 3.63) is 35.4 Å². The van der Waals surface area contributed by atoms with Crippen LogP contribution in [0.4, 0.5) is 8.78 Å². The Hall–Kier alpha value is -1.53. The maximum atomic E-state index is 13.1. The molecule has 0 saturated heterocycles. The molecule has 1 aromatic rings. The number of aliphatic hydroxyl groups is 1. The number of halogens is 2. The Morgan fingerprint density at radius 2 is 2.18 bits per heavy atom. The predicted molar refractivity (Wildman–Crippen MR) is 54.7 cm³/mol. The smallest absolute Gasteiger partial charge is 0.377 e. The first-order valence-corrected chi connectivity index (χ1v) is 4.76. The number of ether oxygens (including phenoxy) is 1. The van der Waals surface area contributed by atoms with E-state index in [0.29, 0.717) is 5.56 Å². The molecule has 1 aromatic carbocycles. The first-order chi connectivity index (χ1) is 7.89. The third-order valence-corrected chi connectivity index (χ3v) is 2.21. The summed E-state index contributed by atoms with van der Waals surface area (Å²) in [6, 6.07) is 5.59. The number of aliphatic carboxylic acids is 1. The van der Waals surface area contributed by atoms with Crippen molar-refractivity contribution in [2.45, 2.75) is 18.6 Å². The SMILES string of the molecule is COCc1cccc(C(O)C(F)(F)C(=O)O)c1. The molecule has 0 amide bonds. The summed E-state index contributed by atoms with van der Waals surface area (Å²) in [6.45, 7) is 0.194. The monoisotopic (exact) mass is 246 g/mol. The van der Waals surface area contributed by atoms with E-state index in [4.69, 9.17) is 9.84 Å². The van der Waals surface area contributed by atoms with Crippen LogP contribution in [0.2, 0.25) is 0 Å². The highest BCUT2D eigenvalue weighted by Crippen LogP contribution is 2.31. The van der Waals surface area contributed by atoms with Crippen LogP contribution < -0.4 is 0 Å². The highest BCUT2D eigenvalue weighted by Gasteiger charge is 2.47. The lowest BCUT2D eigenvalue weighted by atomic mass is 10.0. The molecule has 0 saturated carbocycles. The summed E-state index contributed by atoms with van der Waals surface area (Å²) in [5.41, 5.74) is 0.414. The first-order valence-electron chi connectivity index (χ1n) is 4.76. The van der Waals surface area contributed by atoms with Crippen molar-refractivity contribution in [3.63, 3.8) is 0 Å². The first kappa shape index (κ1) is 13.5. The number of aliphatic hydroxyl groups excluding tert-OH is 1. The van der Waals surface area contributed by atoms with E-state index < -0.39 is 18.0 Å². The highest BCUT2D eigenvalue weighted by molar-refractivity contribution is 5.76. The molecule has 2 N–H and O–H groups in total. The third-order valence-electron chi connectivity index (χ3n) is 2.21. The lowest BCUT2D eigenvalue weighted by molar-refractivity contribution is -0.182. The number of carbonyl (C=O) groups is 1. The zero-order valence-corrected chi connectivity index (χ0v) is 9.06. The average molecular weight is 246 g/mol. The van der Waals surface area contributed by atoms with Crippen LogP contribution in [0.1, 0.15) is 17.2 Å². The summed E-state index contributed by atoms with van der Waals surface area (Å²) in [5, 5.41) is 17.7. The van der Waals surface area contributed by atoms with Gasteiger partial charge in [-0.25, -0.2) is 4.79 Å². The molecule has 0 fully saturated rings. The van der Waals surface area contributed by atoms with Crippen molar-refractivity contribution in [2.75, 3.05) is 7.11 Å². The van der Waals surface area contributed by atoms with E-state index in [9.17, 15) is 18.7 Å². The van der Waals surface area contributed by atoms with Gasteiger partial charge in [-0.2, -0.15) is 8.78 Å². The van der Waals surface area contributed by atoms with E-state index in [1.807, 2.05) is 0 Å². The maximum Gasteiger partial charge on any atom is 0.377 e. The van der Waals surface area contributed by atoms with Crippen molar-refractivity contribution < 1.29 is 28.5 Å². The number of hydrogen-bond acceptors (Lipinski definition) is 3. The molecule has 0 radical (unpaired) electrons. The van der Waals surface area contributed by atoms with Gasteiger partial charge in [0.25, 0.3) is 0 Å². The van der Waals surface area contributed by atoms with Gasteiger partial charge in [-0.3, -0.25) is 0 Å². The summed E-state index contributed by atoms with van der Waals surface area (Å²) < 4.78 is 30.9. The molecule has 0 bridgehead atoms. The van der Waals surface area contributed by atoms with Crippen molar-refractivity contribution in [3.8, 4) is 0 Å². The molecule has 0 aliphatic heterocycles. The minimum atomic E-state index is -4.22. The summed E-state index contributed by atoms with van der Waals surface area (Å²) >= 11 is 0. The molecule has 1 atom stereocenters. The van der Waals surface area contributed by atoms with Crippen LogP contribution in [0.25, 0.3) is 0 Å². The Morgan fingerprint density at radius 3 is 2.71 bits per heavy atom. The molecule has 1 rings (SSSR count). The number of alkyl halides is 2. The van der Waals surface area contributed by atoms with E-state index in [2.05, 4.69) is 0 Å². The minimum Gasteiger partial charge on any atom is -0.477 e. The number of carboxylic acid groups (broad SMARTS) is 1. The molecular weight excluding hydrogens is 234 g/mol. The van der Waals surface area contributed by atoms with E-state index >= 15 is 0 Å². The van der Waals surface area contributed by atoms with Crippen LogP contribution in [0.5, 0.6) is 0 Å². The molecule has 0 aliphatic carbocycles.